The number of alkyl halides is 1. The Bertz CT molecular complexity index is 231. The summed E-state index contributed by atoms with van der Waals surface area (Å²) in [6.07, 6.45) is 0.284. The molecule has 0 amide bonds. The van der Waals surface area contributed by atoms with Crippen LogP contribution in [0.5, 0.6) is 0 Å². The van der Waals surface area contributed by atoms with E-state index in [1.165, 1.54) is 0 Å². The maximum Gasteiger partial charge on any atom is 0.303 e. The van der Waals surface area contributed by atoms with Crippen LogP contribution in [0.1, 0.15) is 40.5 Å². The summed E-state index contributed by atoms with van der Waals surface area (Å²) >= 11 is 5.96. The molecule has 4 nitrogen and oxygen atoms in total. The molecular weight excluding hydrogens is 204 g/mol. The third-order valence-corrected chi connectivity index (χ3v) is 1.62. The number of halogens is 1. The molecule has 0 saturated heterocycles. The molecule has 0 aromatic rings. The van der Waals surface area contributed by atoms with Crippen LogP contribution < -0.4 is 0 Å². The molecule has 1 N–H and O–H groups in total. The molecule has 0 aliphatic carbocycles. The first-order valence-electron chi connectivity index (χ1n) is 4.47. The molecule has 0 aliphatic heterocycles. The van der Waals surface area contributed by atoms with E-state index in [2.05, 4.69) is 10.2 Å². The molecule has 0 aliphatic rings. The zero-order chi connectivity index (χ0) is 11.4. The molecule has 14 heavy (non-hydrogen) atoms. The smallest absolute Gasteiger partial charge is 0.303 e. The van der Waals surface area contributed by atoms with Crippen molar-refractivity contribution in [1.82, 2.24) is 0 Å². The maximum atomic E-state index is 10.3. The van der Waals surface area contributed by atoms with Gasteiger partial charge in [-0.3, -0.25) is 4.79 Å². The molecule has 0 rings (SSSR count). The summed E-state index contributed by atoms with van der Waals surface area (Å²) in [4.78, 5) is 9.41. The van der Waals surface area contributed by atoms with E-state index in [1.807, 2.05) is 20.8 Å². The quantitative estimate of drug-likeness (QED) is 0.450. The normalized spacial score (nSPS) is 16.9. The van der Waals surface area contributed by atoms with Gasteiger partial charge in [0.15, 0.2) is 5.00 Å². The highest BCUT2D eigenvalue weighted by atomic mass is 35.5. The first kappa shape index (κ1) is 13.4. The average molecular weight is 221 g/mol. The number of carboxylic acid groups (broad SMARTS) is 1. The summed E-state index contributed by atoms with van der Waals surface area (Å²) in [7, 11) is 0. The third kappa shape index (κ3) is 7.98. The summed E-state index contributed by atoms with van der Waals surface area (Å²) in [5.74, 6) is -0.872. The lowest BCUT2D eigenvalue weighted by molar-refractivity contribution is -0.137. The second-order valence-electron chi connectivity index (χ2n) is 4.41. The van der Waals surface area contributed by atoms with E-state index in [-0.39, 0.29) is 18.4 Å². The van der Waals surface area contributed by atoms with E-state index in [0.29, 0.717) is 0 Å². The number of nitrogens with zero attached hydrogens (tertiary/aromatic N) is 2. The Labute approximate surface area is 89.4 Å². The first-order chi connectivity index (χ1) is 6.12. The number of azo groups is 1. The second kappa shape index (κ2) is 4.73. The Morgan fingerprint density at radius 1 is 1.29 bits per heavy atom. The van der Waals surface area contributed by atoms with E-state index < -0.39 is 11.0 Å². The lowest BCUT2D eigenvalue weighted by Crippen LogP contribution is -2.17. The molecule has 0 fully saturated rings. The van der Waals surface area contributed by atoms with Crippen LogP contribution in [0.15, 0.2) is 10.2 Å². The number of carboxylic acids is 1. The van der Waals surface area contributed by atoms with Crippen molar-refractivity contribution in [2.45, 2.75) is 51.1 Å². The van der Waals surface area contributed by atoms with Crippen molar-refractivity contribution in [1.29, 1.82) is 0 Å². The molecule has 0 bridgehead atoms. The van der Waals surface area contributed by atoms with E-state index in [9.17, 15) is 4.79 Å². The maximum absolute atomic E-state index is 10.3. The summed E-state index contributed by atoms with van der Waals surface area (Å²) in [6, 6.07) is 0. The van der Waals surface area contributed by atoms with Gasteiger partial charge in [-0.05, 0) is 34.1 Å². The molecule has 0 heterocycles. The van der Waals surface area contributed by atoms with Crippen LogP contribution >= 0.6 is 11.6 Å². The van der Waals surface area contributed by atoms with E-state index in [4.69, 9.17) is 16.7 Å². The summed E-state index contributed by atoms with van der Waals surface area (Å²) in [5.41, 5.74) is -0.278. The molecule has 82 valence electrons. The van der Waals surface area contributed by atoms with Crippen molar-refractivity contribution in [3.05, 3.63) is 0 Å². The van der Waals surface area contributed by atoms with Gasteiger partial charge in [0.25, 0.3) is 0 Å². The zero-order valence-electron chi connectivity index (χ0n) is 9.04. The predicted molar refractivity (Wildman–Crippen MR) is 55.7 cm³/mol. The lowest BCUT2D eigenvalue weighted by atomic mass is 10.1. The highest BCUT2D eigenvalue weighted by molar-refractivity contribution is 6.23. The largest absolute Gasteiger partial charge is 0.481 e. The topological polar surface area (TPSA) is 62.0 Å². The molecule has 0 radical (unpaired) electrons. The van der Waals surface area contributed by atoms with Gasteiger partial charge in [-0.1, -0.05) is 11.6 Å². The van der Waals surface area contributed by atoms with Gasteiger partial charge in [-0.2, -0.15) is 10.2 Å². The number of hydrogen-bond acceptors (Lipinski definition) is 3. The Balaban J connectivity index is 4.20. The second-order valence-corrected chi connectivity index (χ2v) is 5.22. The molecular formula is C9H17ClN2O2. The van der Waals surface area contributed by atoms with Crippen LogP contribution in [-0.4, -0.2) is 21.6 Å². The average Bonchev–Trinajstić information content (AvgIpc) is 1.97. The molecule has 5 heteroatoms. The minimum Gasteiger partial charge on any atom is -0.481 e. The fraction of sp³-hybridized carbons (Fsp3) is 0.889. The SMILES string of the molecule is CC(C)(C)N=NC(C)(Cl)CCC(=O)O. The van der Waals surface area contributed by atoms with Gasteiger partial charge < -0.3 is 5.11 Å². The Morgan fingerprint density at radius 3 is 2.14 bits per heavy atom. The molecule has 1 unspecified atom stereocenters. The van der Waals surface area contributed by atoms with Gasteiger partial charge in [0.2, 0.25) is 0 Å². The standard InChI is InChI=1S/C9H17ClN2O2/c1-8(2,3)11-12-9(4,10)6-5-7(13)14/h5-6H2,1-4H3,(H,13,14). The molecule has 0 aromatic heterocycles. The Kier molecular flexibility index (Phi) is 4.52. The van der Waals surface area contributed by atoms with Crippen molar-refractivity contribution in [2.75, 3.05) is 0 Å². The van der Waals surface area contributed by atoms with Gasteiger partial charge in [0.05, 0.1) is 5.54 Å². The summed E-state index contributed by atoms with van der Waals surface area (Å²) in [6.45, 7) is 7.37. The van der Waals surface area contributed by atoms with Crippen molar-refractivity contribution in [3.8, 4) is 0 Å². The number of aliphatic carboxylic acids is 1. The molecule has 0 aromatic carbocycles. The zero-order valence-corrected chi connectivity index (χ0v) is 9.80. The van der Waals surface area contributed by atoms with Crippen LogP contribution in [0.4, 0.5) is 0 Å². The minimum atomic E-state index is -0.911. The number of carbonyl (C=O) groups is 1. The summed E-state index contributed by atoms with van der Waals surface area (Å²) in [5, 5.41) is 16.4. The van der Waals surface area contributed by atoms with Gasteiger partial charge in [0.1, 0.15) is 0 Å². The van der Waals surface area contributed by atoms with E-state index >= 15 is 0 Å². The predicted octanol–water partition coefficient (Wildman–Crippen LogP) is 3.06. The number of rotatable bonds is 4. The van der Waals surface area contributed by atoms with Crippen molar-refractivity contribution in [2.24, 2.45) is 10.2 Å². The van der Waals surface area contributed by atoms with Crippen LogP contribution in [0, 0.1) is 0 Å². The fourth-order valence-electron chi connectivity index (χ4n) is 0.639. The molecule has 0 spiro atoms. The molecule has 0 saturated carbocycles. The molecule has 1 atom stereocenters. The highest BCUT2D eigenvalue weighted by Gasteiger charge is 2.22. The number of hydrogen-bond donors (Lipinski definition) is 1. The van der Waals surface area contributed by atoms with Gasteiger partial charge in [0, 0.05) is 6.42 Å². The van der Waals surface area contributed by atoms with Crippen LogP contribution in [0.25, 0.3) is 0 Å². The van der Waals surface area contributed by atoms with Crippen LogP contribution in [-0.2, 0) is 4.79 Å². The van der Waals surface area contributed by atoms with Crippen molar-refractivity contribution < 1.29 is 9.90 Å². The lowest BCUT2D eigenvalue weighted by Gasteiger charge is -2.17. The van der Waals surface area contributed by atoms with Gasteiger partial charge in [-0.15, -0.1) is 0 Å². The Morgan fingerprint density at radius 2 is 1.79 bits per heavy atom. The monoisotopic (exact) mass is 220 g/mol. The van der Waals surface area contributed by atoms with Gasteiger partial charge >= 0.3 is 5.97 Å². The summed E-state index contributed by atoms with van der Waals surface area (Å²) < 4.78 is 0. The van der Waals surface area contributed by atoms with E-state index in [1.54, 1.807) is 6.92 Å². The van der Waals surface area contributed by atoms with Crippen molar-refractivity contribution in [3.63, 3.8) is 0 Å². The minimum absolute atomic E-state index is 0.00314. The highest BCUT2D eigenvalue weighted by Crippen LogP contribution is 2.24. The fourth-order valence-corrected chi connectivity index (χ4v) is 0.772. The first-order valence-corrected chi connectivity index (χ1v) is 4.85. The van der Waals surface area contributed by atoms with Crippen molar-refractivity contribution >= 4 is 17.6 Å². The van der Waals surface area contributed by atoms with E-state index in [0.717, 1.165) is 0 Å². The third-order valence-electron chi connectivity index (χ3n) is 1.35. The van der Waals surface area contributed by atoms with Gasteiger partial charge in [-0.25, -0.2) is 0 Å². The van der Waals surface area contributed by atoms with Crippen LogP contribution in [0.3, 0.4) is 0 Å². The van der Waals surface area contributed by atoms with Crippen LogP contribution in [0.2, 0.25) is 0 Å². The Hall–Kier alpha value is -0.640.